The Bertz CT molecular complexity index is 276. The van der Waals surface area contributed by atoms with Crippen molar-refractivity contribution in [2.45, 2.75) is 53.5 Å². The Morgan fingerprint density at radius 3 is 2.53 bits per heavy atom. The van der Waals surface area contributed by atoms with Crippen LogP contribution in [0.5, 0.6) is 0 Å². The van der Waals surface area contributed by atoms with Crippen LogP contribution in [0.25, 0.3) is 0 Å². The molecule has 0 saturated carbocycles. The third-order valence-electron chi connectivity index (χ3n) is 2.45. The van der Waals surface area contributed by atoms with Gasteiger partial charge in [0.15, 0.2) is 0 Å². The standard InChI is InChI=1S/C12H23N3/c1-10(2)6-5-7-12-8-13-14-15(12)9-11(3)4/h8,10-11H,5-7,9H2,1-4H3. The third kappa shape index (κ3) is 4.45. The summed E-state index contributed by atoms with van der Waals surface area (Å²) in [6.07, 6.45) is 5.54. The van der Waals surface area contributed by atoms with Gasteiger partial charge in [-0.3, -0.25) is 0 Å². The predicted octanol–water partition coefficient (Wildman–Crippen LogP) is 2.91. The van der Waals surface area contributed by atoms with Crippen molar-refractivity contribution >= 4 is 0 Å². The first-order chi connectivity index (χ1) is 7.09. The van der Waals surface area contributed by atoms with E-state index in [1.807, 2.05) is 10.9 Å². The molecule has 0 aliphatic heterocycles. The first-order valence-electron chi connectivity index (χ1n) is 5.97. The molecule has 3 heteroatoms. The molecule has 0 spiro atoms. The van der Waals surface area contributed by atoms with Gasteiger partial charge in [0, 0.05) is 6.54 Å². The van der Waals surface area contributed by atoms with E-state index in [2.05, 4.69) is 38.0 Å². The van der Waals surface area contributed by atoms with Crippen LogP contribution in [0.4, 0.5) is 0 Å². The quantitative estimate of drug-likeness (QED) is 0.721. The zero-order valence-electron chi connectivity index (χ0n) is 10.4. The summed E-state index contributed by atoms with van der Waals surface area (Å²) in [4.78, 5) is 0. The summed E-state index contributed by atoms with van der Waals surface area (Å²) in [5.74, 6) is 1.43. The molecule has 0 aliphatic rings. The number of hydrogen-bond acceptors (Lipinski definition) is 2. The molecule has 1 aromatic heterocycles. The monoisotopic (exact) mass is 209 g/mol. The lowest BCUT2D eigenvalue weighted by molar-refractivity contribution is 0.452. The van der Waals surface area contributed by atoms with Gasteiger partial charge >= 0.3 is 0 Å². The summed E-state index contributed by atoms with van der Waals surface area (Å²) in [5, 5.41) is 8.11. The second kappa shape index (κ2) is 5.89. The predicted molar refractivity (Wildman–Crippen MR) is 62.6 cm³/mol. The number of rotatable bonds is 6. The van der Waals surface area contributed by atoms with Gasteiger partial charge in [0.25, 0.3) is 0 Å². The number of aromatic nitrogens is 3. The van der Waals surface area contributed by atoms with Crippen LogP contribution < -0.4 is 0 Å². The number of nitrogens with zero attached hydrogens (tertiary/aromatic N) is 3. The highest BCUT2D eigenvalue weighted by atomic mass is 15.4. The number of hydrogen-bond donors (Lipinski definition) is 0. The lowest BCUT2D eigenvalue weighted by atomic mass is 10.1. The molecule has 0 bridgehead atoms. The maximum absolute atomic E-state index is 4.12. The molecule has 86 valence electrons. The zero-order valence-corrected chi connectivity index (χ0v) is 10.4. The van der Waals surface area contributed by atoms with Crippen LogP contribution in [0, 0.1) is 11.8 Å². The molecule has 0 aliphatic carbocycles. The summed E-state index contributed by atoms with van der Waals surface area (Å²) in [6.45, 7) is 9.93. The SMILES string of the molecule is CC(C)CCCc1cnnn1CC(C)C. The maximum Gasteiger partial charge on any atom is 0.0725 e. The highest BCUT2D eigenvalue weighted by Gasteiger charge is 2.05. The van der Waals surface area contributed by atoms with Crippen molar-refractivity contribution in [1.29, 1.82) is 0 Å². The Labute approximate surface area is 92.9 Å². The van der Waals surface area contributed by atoms with Crippen molar-refractivity contribution < 1.29 is 0 Å². The minimum absolute atomic E-state index is 0.635. The first kappa shape index (κ1) is 12.2. The van der Waals surface area contributed by atoms with Gasteiger partial charge in [-0.25, -0.2) is 4.68 Å². The van der Waals surface area contributed by atoms with Gasteiger partial charge < -0.3 is 0 Å². The van der Waals surface area contributed by atoms with E-state index in [0.29, 0.717) is 5.92 Å². The normalized spacial score (nSPS) is 11.6. The summed E-state index contributed by atoms with van der Waals surface area (Å²) < 4.78 is 2.05. The van der Waals surface area contributed by atoms with Crippen LogP contribution in [0.2, 0.25) is 0 Å². The molecule has 15 heavy (non-hydrogen) atoms. The molecular formula is C12H23N3. The number of aryl methyl sites for hydroxylation is 1. The largest absolute Gasteiger partial charge is 0.249 e. The summed E-state index contributed by atoms with van der Waals surface area (Å²) in [6, 6.07) is 0. The van der Waals surface area contributed by atoms with E-state index in [9.17, 15) is 0 Å². The van der Waals surface area contributed by atoms with Crippen molar-refractivity contribution in [3.63, 3.8) is 0 Å². The van der Waals surface area contributed by atoms with E-state index in [0.717, 1.165) is 18.9 Å². The van der Waals surface area contributed by atoms with Crippen LogP contribution >= 0.6 is 0 Å². The van der Waals surface area contributed by atoms with E-state index in [1.54, 1.807) is 0 Å². The highest BCUT2D eigenvalue weighted by Crippen LogP contribution is 2.10. The first-order valence-corrected chi connectivity index (χ1v) is 5.97. The molecule has 0 fully saturated rings. The highest BCUT2D eigenvalue weighted by molar-refractivity contribution is 4.94. The summed E-state index contributed by atoms with van der Waals surface area (Å²) >= 11 is 0. The molecule has 0 N–H and O–H groups in total. The van der Waals surface area contributed by atoms with Gasteiger partial charge in [0.2, 0.25) is 0 Å². The maximum atomic E-state index is 4.12. The van der Waals surface area contributed by atoms with Crippen molar-refractivity contribution in [2.75, 3.05) is 0 Å². The molecule has 3 nitrogen and oxygen atoms in total. The van der Waals surface area contributed by atoms with E-state index in [-0.39, 0.29) is 0 Å². The lowest BCUT2D eigenvalue weighted by Crippen LogP contribution is -2.10. The van der Waals surface area contributed by atoms with Gasteiger partial charge in [-0.05, 0) is 24.7 Å². The molecule has 1 aromatic rings. The Morgan fingerprint density at radius 2 is 1.93 bits per heavy atom. The van der Waals surface area contributed by atoms with Crippen molar-refractivity contribution in [2.24, 2.45) is 11.8 Å². The van der Waals surface area contributed by atoms with Crippen molar-refractivity contribution in [3.8, 4) is 0 Å². The fourth-order valence-electron chi connectivity index (χ4n) is 1.66. The van der Waals surface area contributed by atoms with E-state index < -0.39 is 0 Å². The summed E-state index contributed by atoms with van der Waals surface area (Å²) in [7, 11) is 0. The van der Waals surface area contributed by atoms with Gasteiger partial charge in [0.05, 0.1) is 11.9 Å². The topological polar surface area (TPSA) is 30.7 Å². The Kier molecular flexibility index (Phi) is 4.79. The molecule has 0 unspecified atom stereocenters. The molecule has 0 amide bonds. The van der Waals surface area contributed by atoms with Crippen LogP contribution in [-0.4, -0.2) is 15.0 Å². The van der Waals surface area contributed by atoms with Crippen LogP contribution in [0.3, 0.4) is 0 Å². The lowest BCUT2D eigenvalue weighted by Gasteiger charge is -2.09. The average molecular weight is 209 g/mol. The Hall–Kier alpha value is -0.860. The Morgan fingerprint density at radius 1 is 1.20 bits per heavy atom. The molecule has 0 radical (unpaired) electrons. The minimum Gasteiger partial charge on any atom is -0.249 e. The van der Waals surface area contributed by atoms with Crippen molar-refractivity contribution in [1.82, 2.24) is 15.0 Å². The van der Waals surface area contributed by atoms with Gasteiger partial charge in [-0.1, -0.05) is 39.3 Å². The van der Waals surface area contributed by atoms with Gasteiger partial charge in [-0.2, -0.15) is 0 Å². The van der Waals surface area contributed by atoms with Crippen LogP contribution in [0.15, 0.2) is 6.20 Å². The van der Waals surface area contributed by atoms with Crippen LogP contribution in [0.1, 0.15) is 46.2 Å². The molecular weight excluding hydrogens is 186 g/mol. The fourth-order valence-corrected chi connectivity index (χ4v) is 1.66. The van der Waals surface area contributed by atoms with Gasteiger partial charge in [0.1, 0.15) is 0 Å². The summed E-state index contributed by atoms with van der Waals surface area (Å²) in [5.41, 5.74) is 1.28. The average Bonchev–Trinajstić information content (AvgIpc) is 2.51. The van der Waals surface area contributed by atoms with E-state index in [1.165, 1.54) is 18.5 Å². The van der Waals surface area contributed by atoms with Crippen LogP contribution in [-0.2, 0) is 13.0 Å². The second-order valence-corrected chi connectivity index (χ2v) is 5.09. The second-order valence-electron chi connectivity index (χ2n) is 5.09. The fraction of sp³-hybridized carbons (Fsp3) is 0.833. The van der Waals surface area contributed by atoms with Crippen molar-refractivity contribution in [3.05, 3.63) is 11.9 Å². The molecule has 0 aromatic carbocycles. The molecule has 0 atom stereocenters. The zero-order chi connectivity index (χ0) is 11.3. The third-order valence-corrected chi connectivity index (χ3v) is 2.45. The molecule has 1 rings (SSSR count). The molecule has 0 saturated heterocycles. The minimum atomic E-state index is 0.635. The van der Waals surface area contributed by atoms with E-state index in [4.69, 9.17) is 0 Å². The molecule has 1 heterocycles. The van der Waals surface area contributed by atoms with E-state index >= 15 is 0 Å². The Balaban J connectivity index is 2.43. The van der Waals surface area contributed by atoms with Gasteiger partial charge in [-0.15, -0.1) is 5.10 Å². The smallest absolute Gasteiger partial charge is 0.0725 e.